The number of rotatable bonds is 6. The number of unbranched alkanes of at least 4 members (excludes halogenated alkanes) is 1. The van der Waals surface area contributed by atoms with Gasteiger partial charge < -0.3 is 5.32 Å². The van der Waals surface area contributed by atoms with E-state index in [0.29, 0.717) is 12.2 Å². The van der Waals surface area contributed by atoms with Crippen molar-refractivity contribution in [2.45, 2.75) is 38.5 Å². The Kier molecular flexibility index (Phi) is 5.99. The van der Waals surface area contributed by atoms with E-state index >= 15 is 0 Å². The number of aryl methyl sites for hydroxylation is 1. The van der Waals surface area contributed by atoms with Gasteiger partial charge in [-0.3, -0.25) is 14.5 Å². The molecule has 0 bridgehead atoms. The zero-order valence-electron chi connectivity index (χ0n) is 15.2. The minimum Gasteiger partial charge on any atom is -0.326 e. The Bertz CT molecular complexity index is 806. The highest BCUT2D eigenvalue weighted by atomic mass is 32.2. The van der Waals surface area contributed by atoms with Gasteiger partial charge in [0, 0.05) is 23.4 Å². The lowest BCUT2D eigenvalue weighted by molar-refractivity contribution is -0.116. The lowest BCUT2D eigenvalue weighted by Gasteiger charge is -2.27. The molecule has 1 atom stereocenters. The van der Waals surface area contributed by atoms with Crippen molar-refractivity contribution in [2.24, 2.45) is 0 Å². The Morgan fingerprint density at radius 3 is 2.69 bits per heavy atom. The van der Waals surface area contributed by atoms with Crippen LogP contribution in [0.25, 0.3) is 0 Å². The van der Waals surface area contributed by atoms with E-state index in [0.717, 1.165) is 35.3 Å². The highest BCUT2D eigenvalue weighted by Crippen LogP contribution is 2.44. The highest BCUT2D eigenvalue weighted by molar-refractivity contribution is 8.00. The van der Waals surface area contributed by atoms with E-state index < -0.39 is 0 Å². The van der Waals surface area contributed by atoms with Crippen LogP contribution in [0.15, 0.2) is 48.5 Å². The molecule has 3 rings (SSSR count). The Morgan fingerprint density at radius 2 is 1.92 bits per heavy atom. The van der Waals surface area contributed by atoms with Gasteiger partial charge >= 0.3 is 0 Å². The molecule has 1 saturated heterocycles. The molecule has 0 spiro atoms. The first kappa shape index (κ1) is 18.5. The first-order chi connectivity index (χ1) is 12.6. The number of para-hydroxylation sites is 2. The second-order valence-electron chi connectivity index (χ2n) is 6.45. The van der Waals surface area contributed by atoms with Crippen molar-refractivity contribution in [3.63, 3.8) is 0 Å². The van der Waals surface area contributed by atoms with Crippen molar-refractivity contribution in [2.75, 3.05) is 16.0 Å². The standard InChI is InChI=1S/C21H24N2O2S/c1-3-4-13-19(24)22-17-11-7-6-10-16(17)21-23(20(25)14-26-21)18-12-8-5-9-15(18)2/h5-12,21H,3-4,13-14H2,1-2H3,(H,22,24)/t21-/m0/s1. The van der Waals surface area contributed by atoms with Gasteiger partial charge in [0.25, 0.3) is 0 Å². The largest absolute Gasteiger partial charge is 0.326 e. The Balaban J connectivity index is 1.91. The smallest absolute Gasteiger partial charge is 0.238 e. The van der Waals surface area contributed by atoms with E-state index in [1.165, 1.54) is 0 Å². The van der Waals surface area contributed by atoms with E-state index in [9.17, 15) is 9.59 Å². The molecule has 1 aliphatic rings. The van der Waals surface area contributed by atoms with Crippen molar-refractivity contribution < 1.29 is 9.59 Å². The van der Waals surface area contributed by atoms with Gasteiger partial charge in [0.15, 0.2) is 0 Å². The lowest BCUT2D eigenvalue weighted by atomic mass is 10.1. The van der Waals surface area contributed by atoms with Crippen LogP contribution < -0.4 is 10.2 Å². The van der Waals surface area contributed by atoms with Gasteiger partial charge in [0.1, 0.15) is 5.37 Å². The van der Waals surface area contributed by atoms with Crippen LogP contribution in [0, 0.1) is 6.92 Å². The average Bonchev–Trinajstić information content (AvgIpc) is 3.02. The molecule has 0 saturated carbocycles. The number of amides is 2. The molecule has 1 heterocycles. The van der Waals surface area contributed by atoms with Crippen molar-refractivity contribution in [3.05, 3.63) is 59.7 Å². The maximum absolute atomic E-state index is 12.6. The number of nitrogens with zero attached hydrogens (tertiary/aromatic N) is 1. The van der Waals surface area contributed by atoms with Crippen LogP contribution in [0.1, 0.15) is 42.7 Å². The van der Waals surface area contributed by atoms with Crippen molar-refractivity contribution >= 4 is 35.0 Å². The molecule has 2 aromatic carbocycles. The molecule has 2 amide bonds. The monoisotopic (exact) mass is 368 g/mol. The SMILES string of the molecule is CCCCC(=O)Nc1ccccc1[C@@H]1SCC(=O)N1c1ccccc1C. The minimum absolute atomic E-state index is 0.0241. The number of anilines is 2. The lowest BCUT2D eigenvalue weighted by Crippen LogP contribution is -2.29. The summed E-state index contributed by atoms with van der Waals surface area (Å²) in [5.41, 5.74) is 3.76. The molecule has 0 radical (unpaired) electrons. The molecule has 2 aromatic rings. The van der Waals surface area contributed by atoms with Gasteiger partial charge in [-0.15, -0.1) is 11.8 Å². The van der Waals surface area contributed by atoms with Crippen LogP contribution in [0.5, 0.6) is 0 Å². The number of carbonyl (C=O) groups is 2. The van der Waals surface area contributed by atoms with Gasteiger partial charge in [0.2, 0.25) is 11.8 Å². The quantitative estimate of drug-likeness (QED) is 0.789. The summed E-state index contributed by atoms with van der Waals surface area (Å²) in [5, 5.41) is 2.90. The van der Waals surface area contributed by atoms with Crippen LogP contribution in [0.2, 0.25) is 0 Å². The number of hydrogen-bond acceptors (Lipinski definition) is 3. The van der Waals surface area contributed by atoms with Gasteiger partial charge in [-0.2, -0.15) is 0 Å². The second-order valence-corrected chi connectivity index (χ2v) is 7.52. The molecule has 136 valence electrons. The highest BCUT2D eigenvalue weighted by Gasteiger charge is 2.36. The number of benzene rings is 2. The first-order valence-electron chi connectivity index (χ1n) is 9.00. The fourth-order valence-corrected chi connectivity index (χ4v) is 4.33. The normalized spacial score (nSPS) is 16.8. The zero-order chi connectivity index (χ0) is 18.5. The molecule has 0 aromatic heterocycles. The molecule has 4 nitrogen and oxygen atoms in total. The predicted molar refractivity (Wildman–Crippen MR) is 108 cm³/mol. The summed E-state index contributed by atoms with van der Waals surface area (Å²) < 4.78 is 0. The van der Waals surface area contributed by atoms with Crippen molar-refractivity contribution in [3.8, 4) is 0 Å². The zero-order valence-corrected chi connectivity index (χ0v) is 16.0. The van der Waals surface area contributed by atoms with Gasteiger partial charge in [0.05, 0.1) is 5.75 Å². The molecular weight excluding hydrogens is 344 g/mol. The Hall–Kier alpha value is -2.27. The van der Waals surface area contributed by atoms with E-state index in [4.69, 9.17) is 0 Å². The fraction of sp³-hybridized carbons (Fsp3) is 0.333. The average molecular weight is 369 g/mol. The summed E-state index contributed by atoms with van der Waals surface area (Å²) >= 11 is 1.60. The maximum atomic E-state index is 12.6. The third-order valence-electron chi connectivity index (χ3n) is 4.50. The molecule has 0 unspecified atom stereocenters. The van der Waals surface area contributed by atoms with Crippen LogP contribution >= 0.6 is 11.8 Å². The molecule has 1 N–H and O–H groups in total. The second kappa shape index (κ2) is 8.41. The van der Waals surface area contributed by atoms with E-state index in [-0.39, 0.29) is 17.2 Å². The summed E-state index contributed by atoms with van der Waals surface area (Å²) in [6, 6.07) is 15.7. The van der Waals surface area contributed by atoms with Crippen LogP contribution in [0.4, 0.5) is 11.4 Å². The third kappa shape index (κ3) is 3.93. The molecule has 26 heavy (non-hydrogen) atoms. The summed E-state index contributed by atoms with van der Waals surface area (Å²) in [5.74, 6) is 0.564. The number of thioether (sulfide) groups is 1. The Morgan fingerprint density at radius 1 is 1.19 bits per heavy atom. The van der Waals surface area contributed by atoms with E-state index in [2.05, 4.69) is 12.2 Å². The topological polar surface area (TPSA) is 49.4 Å². The summed E-state index contributed by atoms with van der Waals surface area (Å²) in [4.78, 5) is 26.7. The van der Waals surface area contributed by atoms with Gasteiger partial charge in [-0.05, 0) is 31.0 Å². The van der Waals surface area contributed by atoms with E-state index in [1.54, 1.807) is 11.8 Å². The summed E-state index contributed by atoms with van der Waals surface area (Å²) in [6.45, 7) is 4.09. The summed E-state index contributed by atoms with van der Waals surface area (Å²) in [6.07, 6.45) is 2.38. The van der Waals surface area contributed by atoms with Crippen LogP contribution in [-0.2, 0) is 9.59 Å². The van der Waals surface area contributed by atoms with Crippen LogP contribution in [0.3, 0.4) is 0 Å². The molecule has 1 fully saturated rings. The van der Waals surface area contributed by atoms with Crippen LogP contribution in [-0.4, -0.2) is 17.6 Å². The summed E-state index contributed by atoms with van der Waals surface area (Å²) in [7, 11) is 0. The number of hydrogen-bond donors (Lipinski definition) is 1. The first-order valence-corrected chi connectivity index (χ1v) is 10.0. The minimum atomic E-state index is -0.133. The van der Waals surface area contributed by atoms with Crippen molar-refractivity contribution in [1.29, 1.82) is 0 Å². The predicted octanol–water partition coefficient (Wildman–Crippen LogP) is 4.90. The Labute approximate surface area is 159 Å². The maximum Gasteiger partial charge on any atom is 0.238 e. The number of carbonyl (C=O) groups excluding carboxylic acids is 2. The van der Waals surface area contributed by atoms with Gasteiger partial charge in [-0.25, -0.2) is 0 Å². The number of nitrogens with one attached hydrogen (secondary N) is 1. The molecular formula is C21H24N2O2S. The third-order valence-corrected chi connectivity index (χ3v) is 5.70. The molecule has 1 aliphatic heterocycles. The van der Waals surface area contributed by atoms with Crippen molar-refractivity contribution in [1.82, 2.24) is 0 Å². The molecule has 0 aliphatic carbocycles. The van der Waals surface area contributed by atoms with E-state index in [1.807, 2.05) is 60.4 Å². The molecule has 5 heteroatoms. The van der Waals surface area contributed by atoms with Gasteiger partial charge in [-0.1, -0.05) is 49.7 Å². The fourth-order valence-electron chi connectivity index (χ4n) is 3.12.